The summed E-state index contributed by atoms with van der Waals surface area (Å²) in [7, 11) is 1.50. The number of urea groups is 1. The van der Waals surface area contributed by atoms with Gasteiger partial charge in [0.1, 0.15) is 13.2 Å². The van der Waals surface area contributed by atoms with Crippen molar-refractivity contribution in [2.24, 2.45) is 0 Å². The Balaban J connectivity index is 0. The third-order valence-electron chi connectivity index (χ3n) is 8.12. The lowest BCUT2D eigenvalue weighted by Crippen LogP contribution is -2.44. The summed E-state index contributed by atoms with van der Waals surface area (Å²) in [5, 5.41) is 11.8. The molecule has 11 heteroatoms. The van der Waals surface area contributed by atoms with Gasteiger partial charge in [-0.1, -0.05) is 129 Å². The number of hydrogen-bond donors (Lipinski definition) is 4. The Labute approximate surface area is 295 Å². The van der Waals surface area contributed by atoms with Crippen molar-refractivity contribution in [2.45, 2.75) is 162 Å². The topological polar surface area (TPSA) is 136 Å². The fraction of sp³-hybridized carbons (Fsp3) is 0.892. The third-order valence-corrected chi connectivity index (χ3v) is 8.64. The van der Waals surface area contributed by atoms with Gasteiger partial charge >= 0.3 is 13.9 Å². The smallest absolute Gasteiger partial charge is 0.395 e. The lowest BCUT2D eigenvalue weighted by molar-refractivity contribution is -0.870. The Morgan fingerprint density at radius 2 is 1.12 bits per heavy atom. The highest BCUT2D eigenvalue weighted by atomic mass is 31.2. The van der Waals surface area contributed by atoms with Crippen molar-refractivity contribution >= 4 is 19.8 Å². The highest BCUT2D eigenvalue weighted by molar-refractivity contribution is 7.46. The van der Waals surface area contributed by atoms with E-state index in [1.54, 1.807) is 4.90 Å². The number of allylic oxidation sites excluding steroid dienone is 2. The van der Waals surface area contributed by atoms with Crippen LogP contribution in [0.3, 0.4) is 0 Å². The standard InChI is InChI=1S/C32H62N2O3.C5H14NO4P/c1-3-5-7-9-11-13-14-15-16-17-18-19-21-23-25-27-31(36)33-32(37)34(29-30-35)28-26-24-22-20-12-10-8-6-4-2;1-6(2,3)4-5-10-11(7,8)9/h15-16,35H,3-14,17-30H2,1-2H3,(H,33,36,37);4-5H2,1-3H3,(H-,7,8,9)/p+1. The molecule has 4 N–H and O–H groups in total. The van der Waals surface area contributed by atoms with Crippen molar-refractivity contribution < 1.29 is 38.1 Å². The number of aliphatic hydroxyl groups excluding tert-OH is 1. The average molecular weight is 707 g/mol. The molecule has 0 aromatic carbocycles. The number of likely N-dealkylation sites (N-methyl/N-ethyl adjacent to an activating group) is 1. The Bertz CT molecular complexity index is 815. The number of hydrogen-bond acceptors (Lipinski definition) is 5. The molecule has 0 spiro atoms. The number of carbonyl (C=O) groups excluding carboxylic acids is 2. The Morgan fingerprint density at radius 1 is 0.688 bits per heavy atom. The summed E-state index contributed by atoms with van der Waals surface area (Å²) in [4.78, 5) is 42.8. The molecule has 286 valence electrons. The molecule has 3 amide bonds. The number of nitrogens with one attached hydrogen (secondary N) is 1. The van der Waals surface area contributed by atoms with Gasteiger partial charge in [0.25, 0.3) is 0 Å². The first-order valence-electron chi connectivity index (χ1n) is 19.2. The molecule has 0 aliphatic carbocycles. The van der Waals surface area contributed by atoms with E-state index in [9.17, 15) is 19.3 Å². The fourth-order valence-corrected chi connectivity index (χ4v) is 5.42. The number of amides is 3. The largest absolute Gasteiger partial charge is 0.469 e. The molecular formula is C37H77N3O7P+. The SMILES string of the molecule is CCCCCCCCC=CCCCCCCCC(=O)NC(=O)N(CCO)CCCCCCCCCCC.C[N+](C)(C)CCOP(=O)(O)O. The van der Waals surface area contributed by atoms with Crippen LogP contribution in [-0.4, -0.2) is 90.2 Å². The van der Waals surface area contributed by atoms with E-state index in [4.69, 9.17) is 9.79 Å². The summed E-state index contributed by atoms with van der Waals surface area (Å²) in [5.41, 5.74) is 0. The zero-order valence-corrected chi connectivity index (χ0v) is 32.7. The zero-order chi connectivity index (χ0) is 36.4. The van der Waals surface area contributed by atoms with E-state index in [0.29, 0.717) is 24.0 Å². The van der Waals surface area contributed by atoms with Gasteiger partial charge in [-0.05, 0) is 38.5 Å². The maximum atomic E-state index is 12.4. The molecule has 0 aliphatic rings. The van der Waals surface area contributed by atoms with Crippen LogP contribution in [0.1, 0.15) is 162 Å². The predicted molar refractivity (Wildman–Crippen MR) is 200 cm³/mol. The molecule has 0 saturated heterocycles. The van der Waals surface area contributed by atoms with Crippen molar-refractivity contribution in [3.63, 3.8) is 0 Å². The molecule has 0 fully saturated rings. The van der Waals surface area contributed by atoms with Crippen LogP contribution in [0.4, 0.5) is 4.79 Å². The van der Waals surface area contributed by atoms with Crippen molar-refractivity contribution in [1.29, 1.82) is 0 Å². The number of phosphoric acid groups is 1. The molecule has 0 saturated carbocycles. The molecule has 0 aliphatic heterocycles. The quantitative estimate of drug-likeness (QED) is 0.0245. The molecule has 0 aromatic rings. The van der Waals surface area contributed by atoms with Gasteiger partial charge < -0.3 is 24.3 Å². The van der Waals surface area contributed by atoms with Gasteiger partial charge in [-0.25, -0.2) is 9.36 Å². The van der Waals surface area contributed by atoms with Crippen LogP contribution in [0, 0.1) is 0 Å². The zero-order valence-electron chi connectivity index (χ0n) is 31.8. The molecule has 0 heterocycles. The number of carbonyl (C=O) groups is 2. The highest BCUT2D eigenvalue weighted by Gasteiger charge is 2.16. The first kappa shape index (κ1) is 48.8. The minimum absolute atomic E-state index is 0.0761. The normalized spacial score (nSPS) is 11.8. The number of nitrogens with zero attached hydrogens (tertiary/aromatic N) is 2. The summed E-state index contributed by atoms with van der Waals surface area (Å²) in [6.45, 7) is 5.95. The van der Waals surface area contributed by atoms with Gasteiger partial charge in [0, 0.05) is 19.5 Å². The van der Waals surface area contributed by atoms with Crippen LogP contribution in [0.5, 0.6) is 0 Å². The summed E-state index contributed by atoms with van der Waals surface area (Å²) in [6.07, 6.45) is 32.0. The molecule has 0 bridgehead atoms. The minimum atomic E-state index is -4.26. The van der Waals surface area contributed by atoms with E-state index >= 15 is 0 Å². The predicted octanol–water partition coefficient (Wildman–Crippen LogP) is 8.89. The van der Waals surface area contributed by atoms with Crippen molar-refractivity contribution in [3.05, 3.63) is 12.2 Å². The van der Waals surface area contributed by atoms with Crippen molar-refractivity contribution in [2.75, 3.05) is 54.0 Å². The maximum absolute atomic E-state index is 12.4. The molecule has 0 atom stereocenters. The second-order valence-corrected chi connectivity index (χ2v) is 15.3. The van der Waals surface area contributed by atoms with Crippen molar-refractivity contribution in [3.8, 4) is 0 Å². The first-order chi connectivity index (χ1) is 22.9. The molecule has 0 aromatic heterocycles. The van der Waals surface area contributed by atoms with Crippen LogP contribution < -0.4 is 5.32 Å². The minimum Gasteiger partial charge on any atom is -0.395 e. The number of unbranched alkanes of at least 4 members (excludes halogenated alkanes) is 19. The Hall–Kier alpha value is -1.29. The molecular weight excluding hydrogens is 629 g/mol. The second kappa shape index (κ2) is 34.2. The van der Waals surface area contributed by atoms with Gasteiger partial charge in [-0.15, -0.1) is 0 Å². The highest BCUT2D eigenvalue weighted by Crippen LogP contribution is 2.35. The van der Waals surface area contributed by atoms with Gasteiger partial charge in [0.15, 0.2) is 0 Å². The number of aliphatic hydroxyl groups is 1. The van der Waals surface area contributed by atoms with E-state index < -0.39 is 7.82 Å². The summed E-state index contributed by atoms with van der Waals surface area (Å²) in [5.74, 6) is -0.197. The number of rotatable bonds is 31. The number of quaternary nitrogens is 1. The second-order valence-electron chi connectivity index (χ2n) is 14.1. The van der Waals surface area contributed by atoms with Crippen LogP contribution >= 0.6 is 7.82 Å². The Kier molecular flexibility index (Phi) is 34.8. The monoisotopic (exact) mass is 707 g/mol. The van der Waals surface area contributed by atoms with Crippen LogP contribution in [0.25, 0.3) is 0 Å². The summed E-state index contributed by atoms with van der Waals surface area (Å²) >= 11 is 0. The first-order valence-corrected chi connectivity index (χ1v) is 20.7. The Morgan fingerprint density at radius 3 is 1.56 bits per heavy atom. The van der Waals surface area contributed by atoms with Crippen molar-refractivity contribution in [1.82, 2.24) is 10.2 Å². The fourth-order valence-electron chi connectivity index (χ4n) is 5.10. The number of imide groups is 1. The van der Waals surface area contributed by atoms with Crippen LogP contribution in [0.15, 0.2) is 12.2 Å². The van der Waals surface area contributed by atoms with Crippen LogP contribution in [0.2, 0.25) is 0 Å². The van der Waals surface area contributed by atoms with Gasteiger partial charge in [-0.3, -0.25) is 14.6 Å². The maximum Gasteiger partial charge on any atom is 0.469 e. The van der Waals surface area contributed by atoms with E-state index in [0.717, 1.165) is 38.5 Å². The average Bonchev–Trinajstić information content (AvgIpc) is 3.00. The van der Waals surface area contributed by atoms with Gasteiger partial charge in [-0.2, -0.15) is 0 Å². The number of phosphoric ester groups is 1. The summed E-state index contributed by atoms with van der Waals surface area (Å²) in [6, 6.07) is -0.355. The lowest BCUT2D eigenvalue weighted by Gasteiger charge is -2.23. The van der Waals surface area contributed by atoms with E-state index in [1.807, 2.05) is 21.1 Å². The molecule has 10 nitrogen and oxygen atoms in total. The van der Waals surface area contributed by atoms with E-state index in [1.165, 1.54) is 103 Å². The van der Waals surface area contributed by atoms with Gasteiger partial charge in [0.2, 0.25) is 5.91 Å². The molecule has 48 heavy (non-hydrogen) atoms. The van der Waals surface area contributed by atoms with E-state index in [2.05, 4.69) is 35.8 Å². The molecule has 0 unspecified atom stereocenters. The third kappa shape index (κ3) is 40.9. The summed E-state index contributed by atoms with van der Waals surface area (Å²) < 4.78 is 15.1. The molecule has 0 radical (unpaired) electrons. The van der Waals surface area contributed by atoms with Crippen LogP contribution in [-0.2, 0) is 13.9 Å². The molecule has 0 rings (SSSR count). The van der Waals surface area contributed by atoms with Gasteiger partial charge in [0.05, 0.1) is 27.7 Å². The lowest BCUT2D eigenvalue weighted by atomic mass is 10.1. The van der Waals surface area contributed by atoms with E-state index in [-0.39, 0.29) is 31.7 Å².